The van der Waals surface area contributed by atoms with Gasteiger partial charge in [-0.1, -0.05) is 60.1 Å². The highest BCUT2D eigenvalue weighted by atomic mass is 16.4. The van der Waals surface area contributed by atoms with Crippen molar-refractivity contribution in [2.45, 2.75) is 112 Å². The molecule has 2 N–H and O–H groups in total. The van der Waals surface area contributed by atoms with Gasteiger partial charge >= 0.3 is 5.97 Å². The van der Waals surface area contributed by atoms with Crippen molar-refractivity contribution >= 4 is 5.97 Å². The number of hydrogen-bond acceptors (Lipinski definition) is 3. The molecular formula is C33H55NO3. The van der Waals surface area contributed by atoms with Crippen LogP contribution >= 0.6 is 0 Å². The van der Waals surface area contributed by atoms with Crippen molar-refractivity contribution in [3.63, 3.8) is 0 Å². The van der Waals surface area contributed by atoms with Gasteiger partial charge in [-0.05, 0) is 123 Å². The number of aliphatic hydroxyl groups excluding tert-OH is 1. The molecule has 0 aromatic rings. The molecule has 0 radical (unpaired) electrons. The van der Waals surface area contributed by atoms with Gasteiger partial charge in [-0.3, -0.25) is 4.79 Å². The highest BCUT2D eigenvalue weighted by molar-refractivity contribution is 5.76. The van der Waals surface area contributed by atoms with Crippen LogP contribution in [0.2, 0.25) is 0 Å². The maximum Gasteiger partial charge on any atom is 0.310 e. The zero-order chi connectivity index (χ0) is 27.4. The van der Waals surface area contributed by atoms with Crippen molar-refractivity contribution < 1.29 is 15.0 Å². The number of carbonyl (C=O) groups is 1. The smallest absolute Gasteiger partial charge is 0.310 e. The van der Waals surface area contributed by atoms with Crippen LogP contribution in [0.1, 0.15) is 106 Å². The first-order valence-corrected chi connectivity index (χ1v) is 15.2. The van der Waals surface area contributed by atoms with E-state index in [2.05, 4.69) is 73.5 Å². The molecule has 4 nitrogen and oxygen atoms in total. The van der Waals surface area contributed by atoms with Crippen LogP contribution in [-0.2, 0) is 4.79 Å². The second kappa shape index (κ2) is 8.32. The summed E-state index contributed by atoms with van der Waals surface area (Å²) < 4.78 is 0. The van der Waals surface area contributed by atoms with Gasteiger partial charge in [-0.15, -0.1) is 0 Å². The molecule has 5 aliphatic carbocycles. The molecule has 9 atom stereocenters. The van der Waals surface area contributed by atoms with Crippen LogP contribution in [0, 0.1) is 56.2 Å². The number of allylic oxidation sites excluding steroid dienone is 2. The molecule has 210 valence electrons. The minimum atomic E-state index is -0.571. The van der Waals surface area contributed by atoms with E-state index >= 15 is 0 Å². The molecule has 4 saturated carbocycles. The van der Waals surface area contributed by atoms with Crippen molar-refractivity contribution in [1.29, 1.82) is 0 Å². The summed E-state index contributed by atoms with van der Waals surface area (Å²) in [6.07, 6.45) is 11.5. The molecule has 37 heavy (non-hydrogen) atoms. The third kappa shape index (κ3) is 3.63. The van der Waals surface area contributed by atoms with Gasteiger partial charge in [0.05, 0.1) is 11.5 Å². The molecule has 0 saturated heterocycles. The maximum atomic E-state index is 12.9. The number of aliphatic hydroxyl groups is 1. The first-order valence-electron chi connectivity index (χ1n) is 15.2. The molecule has 4 heteroatoms. The van der Waals surface area contributed by atoms with Crippen LogP contribution in [-0.4, -0.2) is 47.8 Å². The number of hydrogen-bond donors (Lipinski definition) is 2. The van der Waals surface area contributed by atoms with Crippen molar-refractivity contribution in [3.05, 3.63) is 11.6 Å². The van der Waals surface area contributed by atoms with Crippen LogP contribution in [0.4, 0.5) is 0 Å². The number of carboxylic acid groups (broad SMARTS) is 1. The van der Waals surface area contributed by atoms with Gasteiger partial charge in [-0.2, -0.15) is 0 Å². The SMILES string of the molecule is CN(C)C[C@@H]1C[C@]2(C)[C@H]3CC=C4[C@@H]5CC(C)(C)CC[C@]5(C(=O)O)CC[C@@]4(C)[C@]3(C)CC[C@H]2C(C)(C)[C@H]1O. The van der Waals surface area contributed by atoms with Crippen molar-refractivity contribution in [2.24, 2.45) is 56.2 Å². The summed E-state index contributed by atoms with van der Waals surface area (Å²) in [6.45, 7) is 18.0. The third-order valence-electron chi connectivity index (χ3n) is 13.7. The average molecular weight is 514 g/mol. The molecule has 0 unspecified atom stereocenters. The molecule has 5 rings (SSSR count). The Labute approximate surface area is 226 Å². The van der Waals surface area contributed by atoms with E-state index in [1.165, 1.54) is 18.4 Å². The summed E-state index contributed by atoms with van der Waals surface area (Å²) >= 11 is 0. The monoisotopic (exact) mass is 513 g/mol. The topological polar surface area (TPSA) is 60.8 Å². The Hall–Kier alpha value is -0.870. The highest BCUT2D eigenvalue weighted by Crippen LogP contribution is 2.76. The molecule has 0 aliphatic heterocycles. The van der Waals surface area contributed by atoms with Crippen molar-refractivity contribution in [1.82, 2.24) is 4.90 Å². The summed E-state index contributed by atoms with van der Waals surface area (Å²) in [7, 11) is 4.27. The van der Waals surface area contributed by atoms with E-state index < -0.39 is 11.4 Å². The summed E-state index contributed by atoms with van der Waals surface area (Å²) in [6, 6.07) is 0. The first-order chi connectivity index (χ1) is 16.9. The van der Waals surface area contributed by atoms with Gasteiger partial charge in [0.2, 0.25) is 0 Å². The first kappa shape index (κ1) is 27.7. The van der Waals surface area contributed by atoms with Gasteiger partial charge < -0.3 is 15.1 Å². The Kier molecular flexibility index (Phi) is 6.23. The molecule has 0 amide bonds. The van der Waals surface area contributed by atoms with E-state index in [1.54, 1.807) is 0 Å². The van der Waals surface area contributed by atoms with Crippen LogP contribution in [0.25, 0.3) is 0 Å². The number of nitrogens with zero attached hydrogens (tertiary/aromatic N) is 1. The lowest BCUT2D eigenvalue weighted by Crippen LogP contribution is -2.66. The molecule has 0 heterocycles. The summed E-state index contributed by atoms with van der Waals surface area (Å²) in [5.41, 5.74) is 1.43. The number of aliphatic carboxylic acids is 1. The minimum Gasteiger partial charge on any atom is -0.481 e. The molecule has 0 aromatic heterocycles. The largest absolute Gasteiger partial charge is 0.481 e. The van der Waals surface area contributed by atoms with E-state index in [4.69, 9.17) is 0 Å². The van der Waals surface area contributed by atoms with Crippen LogP contribution in [0.3, 0.4) is 0 Å². The lowest BCUT2D eigenvalue weighted by Gasteiger charge is -2.71. The minimum absolute atomic E-state index is 0.0538. The Morgan fingerprint density at radius 3 is 2.22 bits per heavy atom. The predicted molar refractivity (Wildman–Crippen MR) is 150 cm³/mol. The second-order valence-electron chi connectivity index (χ2n) is 16.7. The van der Waals surface area contributed by atoms with Gasteiger partial charge in [0, 0.05) is 6.54 Å². The van der Waals surface area contributed by atoms with E-state index in [9.17, 15) is 15.0 Å². The second-order valence-corrected chi connectivity index (χ2v) is 16.7. The molecule has 0 bridgehead atoms. The fourth-order valence-corrected chi connectivity index (χ4v) is 11.6. The zero-order valence-corrected chi connectivity index (χ0v) is 25.3. The fraction of sp³-hybridized carbons (Fsp3) is 0.909. The van der Waals surface area contributed by atoms with E-state index in [1.807, 2.05) is 0 Å². The van der Waals surface area contributed by atoms with E-state index in [0.29, 0.717) is 11.8 Å². The van der Waals surface area contributed by atoms with Crippen molar-refractivity contribution in [3.8, 4) is 0 Å². The zero-order valence-electron chi connectivity index (χ0n) is 25.3. The fourth-order valence-electron chi connectivity index (χ4n) is 11.6. The average Bonchev–Trinajstić information content (AvgIpc) is 2.77. The van der Waals surface area contributed by atoms with E-state index in [0.717, 1.165) is 51.5 Å². The Balaban J connectivity index is 1.59. The Morgan fingerprint density at radius 1 is 0.946 bits per heavy atom. The lowest BCUT2D eigenvalue weighted by atomic mass is 9.33. The molecule has 4 fully saturated rings. The summed E-state index contributed by atoms with van der Waals surface area (Å²) in [4.78, 5) is 15.1. The molecule has 0 spiro atoms. The molecular weight excluding hydrogens is 458 g/mol. The normalized spacial score (nSPS) is 50.2. The highest BCUT2D eigenvalue weighted by Gasteiger charge is 2.70. The Bertz CT molecular complexity index is 982. The van der Waals surface area contributed by atoms with Crippen LogP contribution < -0.4 is 0 Å². The Morgan fingerprint density at radius 2 is 1.59 bits per heavy atom. The van der Waals surface area contributed by atoms with Crippen LogP contribution in [0.15, 0.2) is 11.6 Å². The van der Waals surface area contributed by atoms with Gasteiger partial charge in [0.1, 0.15) is 0 Å². The van der Waals surface area contributed by atoms with Gasteiger partial charge in [0.25, 0.3) is 0 Å². The van der Waals surface area contributed by atoms with Crippen molar-refractivity contribution in [2.75, 3.05) is 20.6 Å². The van der Waals surface area contributed by atoms with Gasteiger partial charge in [0.15, 0.2) is 0 Å². The third-order valence-corrected chi connectivity index (χ3v) is 13.7. The number of rotatable bonds is 3. The molecule has 0 aromatic carbocycles. The van der Waals surface area contributed by atoms with Gasteiger partial charge in [-0.25, -0.2) is 0 Å². The quantitative estimate of drug-likeness (QED) is 0.398. The number of fused-ring (bicyclic) bond motifs is 7. The van der Waals surface area contributed by atoms with Crippen LogP contribution in [0.5, 0.6) is 0 Å². The van der Waals surface area contributed by atoms with E-state index in [-0.39, 0.29) is 45.0 Å². The summed E-state index contributed by atoms with van der Waals surface area (Å²) in [5.74, 6) is 0.991. The number of carboxylic acids is 1. The summed E-state index contributed by atoms with van der Waals surface area (Å²) in [5, 5.41) is 22.2. The maximum absolute atomic E-state index is 12.9. The predicted octanol–water partition coefficient (Wildman–Crippen LogP) is 7.02. The molecule has 5 aliphatic rings. The standard InChI is InChI=1S/C33H55NO3/c1-28(2)14-16-33(27(36)37)17-15-31(6)22(23(33)19-28)10-11-25-30(5)18-21(20-34(8)9)26(35)29(3,4)24(30)12-13-32(25,31)7/h10,21,23-26,35H,11-20H2,1-9H3,(H,36,37)/t21-,23-,24-,25+,26-,30-,31+,32+,33-/m0/s1. The lowest BCUT2D eigenvalue weighted by molar-refractivity contribution is -0.221.